The van der Waals surface area contributed by atoms with E-state index in [0.29, 0.717) is 5.69 Å². The smallest absolute Gasteiger partial charge is 0.313 e. The van der Waals surface area contributed by atoms with Crippen molar-refractivity contribution in [3.8, 4) is 0 Å². The summed E-state index contributed by atoms with van der Waals surface area (Å²) in [6, 6.07) is 0. The Morgan fingerprint density at radius 3 is 2.62 bits per heavy atom. The lowest BCUT2D eigenvalue weighted by atomic mass is 10.2. The fraction of sp³-hybridized carbons (Fsp3) is 0.429. The first-order chi connectivity index (χ1) is 6.15. The molecule has 0 amide bonds. The summed E-state index contributed by atoms with van der Waals surface area (Å²) >= 11 is 0. The summed E-state index contributed by atoms with van der Waals surface area (Å²) in [6.45, 7) is 1.57. The van der Waals surface area contributed by atoms with E-state index in [9.17, 15) is 9.59 Å². The Morgan fingerprint density at radius 1 is 1.46 bits per heavy atom. The molecule has 0 aliphatic heterocycles. The van der Waals surface area contributed by atoms with Gasteiger partial charge in [0.25, 0.3) is 0 Å². The van der Waals surface area contributed by atoms with Crippen LogP contribution >= 0.6 is 0 Å². The highest BCUT2D eigenvalue weighted by molar-refractivity contribution is 6.05. The van der Waals surface area contributed by atoms with Crippen LogP contribution in [-0.4, -0.2) is 29.2 Å². The zero-order valence-corrected chi connectivity index (χ0v) is 7.23. The molecule has 1 rings (SSSR count). The Labute approximate surface area is 73.8 Å². The van der Waals surface area contributed by atoms with Gasteiger partial charge in [0, 0.05) is 0 Å². The van der Waals surface area contributed by atoms with E-state index < -0.39 is 11.8 Å². The SMILES string of the molecule is COC(=O)CC(=O)c1nonc1C. The van der Waals surface area contributed by atoms with Gasteiger partial charge in [-0.3, -0.25) is 9.59 Å². The normalized spacial score (nSPS) is 9.69. The number of hydrogen-bond donors (Lipinski definition) is 0. The van der Waals surface area contributed by atoms with E-state index in [1.165, 1.54) is 7.11 Å². The van der Waals surface area contributed by atoms with Crippen molar-refractivity contribution >= 4 is 11.8 Å². The van der Waals surface area contributed by atoms with Gasteiger partial charge in [-0.2, -0.15) is 0 Å². The molecular formula is C7H8N2O4. The molecule has 0 fully saturated rings. The summed E-state index contributed by atoms with van der Waals surface area (Å²) in [7, 11) is 1.21. The van der Waals surface area contributed by atoms with Gasteiger partial charge in [0.2, 0.25) is 0 Å². The summed E-state index contributed by atoms with van der Waals surface area (Å²) < 4.78 is 8.63. The molecular weight excluding hydrogens is 176 g/mol. The number of rotatable bonds is 3. The molecule has 0 radical (unpaired) electrons. The Balaban J connectivity index is 2.69. The molecule has 1 aromatic rings. The average molecular weight is 184 g/mol. The zero-order chi connectivity index (χ0) is 9.84. The molecule has 0 aromatic carbocycles. The Morgan fingerprint density at radius 2 is 2.15 bits per heavy atom. The Kier molecular flexibility index (Phi) is 2.73. The van der Waals surface area contributed by atoms with Gasteiger partial charge >= 0.3 is 5.97 Å². The number of ketones is 1. The minimum Gasteiger partial charge on any atom is -0.469 e. The molecule has 0 saturated carbocycles. The Hall–Kier alpha value is -1.72. The van der Waals surface area contributed by atoms with Crippen LogP contribution < -0.4 is 0 Å². The summed E-state index contributed by atoms with van der Waals surface area (Å²) in [4.78, 5) is 21.9. The predicted molar refractivity (Wildman–Crippen MR) is 40.0 cm³/mol. The number of nitrogens with zero attached hydrogens (tertiary/aromatic N) is 2. The van der Waals surface area contributed by atoms with Gasteiger partial charge < -0.3 is 4.74 Å². The molecule has 0 spiro atoms. The molecule has 0 atom stereocenters. The highest BCUT2D eigenvalue weighted by Gasteiger charge is 2.18. The van der Waals surface area contributed by atoms with Crippen LogP contribution in [0.5, 0.6) is 0 Å². The predicted octanol–water partition coefficient (Wildman–Crippen LogP) is 0.124. The topological polar surface area (TPSA) is 82.3 Å². The molecule has 1 aromatic heterocycles. The minimum atomic E-state index is -0.604. The zero-order valence-electron chi connectivity index (χ0n) is 7.23. The molecule has 6 nitrogen and oxygen atoms in total. The van der Waals surface area contributed by atoms with Crippen molar-refractivity contribution in [2.24, 2.45) is 0 Å². The largest absolute Gasteiger partial charge is 0.469 e. The van der Waals surface area contributed by atoms with Crippen LogP contribution in [0.3, 0.4) is 0 Å². The first-order valence-corrected chi connectivity index (χ1v) is 3.54. The van der Waals surface area contributed by atoms with Crippen molar-refractivity contribution in [3.63, 3.8) is 0 Å². The summed E-state index contributed by atoms with van der Waals surface area (Å²) in [5.74, 6) is -1.06. The van der Waals surface area contributed by atoms with Gasteiger partial charge in [-0.1, -0.05) is 5.16 Å². The van der Waals surface area contributed by atoms with Crippen LogP contribution in [0.4, 0.5) is 0 Å². The molecule has 13 heavy (non-hydrogen) atoms. The van der Waals surface area contributed by atoms with E-state index in [-0.39, 0.29) is 12.1 Å². The van der Waals surface area contributed by atoms with Crippen LogP contribution in [0.2, 0.25) is 0 Å². The number of Topliss-reactive ketones (excluding diaryl/α,β-unsaturated/α-hetero) is 1. The fourth-order valence-electron chi connectivity index (χ4n) is 0.771. The van der Waals surface area contributed by atoms with E-state index in [0.717, 1.165) is 0 Å². The van der Waals surface area contributed by atoms with Crippen molar-refractivity contribution in [2.75, 3.05) is 7.11 Å². The van der Waals surface area contributed by atoms with E-state index in [1.54, 1.807) is 6.92 Å². The summed E-state index contributed by atoms with van der Waals surface area (Å²) in [5.41, 5.74) is 0.444. The minimum absolute atomic E-state index is 0.0744. The van der Waals surface area contributed by atoms with Gasteiger partial charge in [0.05, 0.1) is 7.11 Å². The third-order valence-electron chi connectivity index (χ3n) is 1.45. The van der Waals surface area contributed by atoms with E-state index in [1.807, 2.05) is 0 Å². The lowest BCUT2D eigenvalue weighted by Gasteiger charge is -1.94. The fourth-order valence-corrected chi connectivity index (χ4v) is 0.771. The van der Waals surface area contributed by atoms with Crippen molar-refractivity contribution in [3.05, 3.63) is 11.4 Å². The third-order valence-corrected chi connectivity index (χ3v) is 1.45. The van der Waals surface area contributed by atoms with Gasteiger partial charge in [-0.05, 0) is 12.1 Å². The van der Waals surface area contributed by atoms with Crippen LogP contribution in [0.15, 0.2) is 4.63 Å². The number of methoxy groups -OCH3 is 1. The van der Waals surface area contributed by atoms with E-state index in [2.05, 4.69) is 19.7 Å². The second kappa shape index (κ2) is 3.79. The molecule has 0 aliphatic carbocycles. The highest BCUT2D eigenvalue weighted by atomic mass is 16.6. The number of aryl methyl sites for hydroxylation is 1. The molecule has 70 valence electrons. The van der Waals surface area contributed by atoms with E-state index >= 15 is 0 Å². The maximum absolute atomic E-state index is 11.2. The molecule has 0 aliphatic rings. The second-order valence-electron chi connectivity index (χ2n) is 2.37. The lowest BCUT2D eigenvalue weighted by molar-refractivity contribution is -0.139. The summed E-state index contributed by atoms with van der Waals surface area (Å²) in [6.07, 6.45) is -0.342. The quantitative estimate of drug-likeness (QED) is 0.377. The maximum atomic E-state index is 11.2. The second-order valence-corrected chi connectivity index (χ2v) is 2.37. The maximum Gasteiger partial charge on any atom is 0.313 e. The van der Waals surface area contributed by atoms with Gasteiger partial charge in [0.15, 0.2) is 11.5 Å². The molecule has 1 heterocycles. The lowest BCUT2D eigenvalue weighted by Crippen LogP contribution is -2.10. The average Bonchev–Trinajstić information content (AvgIpc) is 2.51. The third kappa shape index (κ3) is 2.11. The standard InChI is InChI=1S/C7H8N2O4/c1-4-7(9-13-8-4)5(10)3-6(11)12-2/h3H2,1-2H3. The van der Waals surface area contributed by atoms with Crippen molar-refractivity contribution < 1.29 is 19.0 Å². The monoisotopic (exact) mass is 184 g/mol. The van der Waals surface area contributed by atoms with Crippen LogP contribution in [0.25, 0.3) is 0 Å². The van der Waals surface area contributed by atoms with Crippen molar-refractivity contribution in [1.82, 2.24) is 10.3 Å². The molecule has 6 heteroatoms. The van der Waals surface area contributed by atoms with Crippen LogP contribution in [0, 0.1) is 6.92 Å². The number of ether oxygens (including phenoxy) is 1. The molecule has 0 saturated heterocycles. The van der Waals surface area contributed by atoms with Crippen LogP contribution in [0.1, 0.15) is 22.6 Å². The number of carbonyl (C=O) groups is 2. The highest BCUT2D eigenvalue weighted by Crippen LogP contribution is 2.04. The number of aromatic nitrogens is 2. The molecule has 0 N–H and O–H groups in total. The van der Waals surface area contributed by atoms with Crippen molar-refractivity contribution in [1.29, 1.82) is 0 Å². The Bertz CT molecular complexity index is 331. The van der Waals surface area contributed by atoms with E-state index in [4.69, 9.17) is 0 Å². The first-order valence-electron chi connectivity index (χ1n) is 3.54. The number of esters is 1. The number of carbonyl (C=O) groups excluding carboxylic acids is 2. The van der Waals surface area contributed by atoms with Gasteiger partial charge in [0.1, 0.15) is 12.1 Å². The van der Waals surface area contributed by atoms with Gasteiger partial charge in [-0.15, -0.1) is 0 Å². The molecule has 0 bridgehead atoms. The summed E-state index contributed by atoms with van der Waals surface area (Å²) in [5, 5.41) is 6.77. The first kappa shape index (κ1) is 9.37. The number of hydrogen-bond acceptors (Lipinski definition) is 6. The van der Waals surface area contributed by atoms with Crippen LogP contribution in [-0.2, 0) is 9.53 Å². The van der Waals surface area contributed by atoms with Crippen molar-refractivity contribution in [2.45, 2.75) is 13.3 Å². The van der Waals surface area contributed by atoms with Gasteiger partial charge in [-0.25, -0.2) is 4.63 Å². The molecule has 0 unspecified atom stereocenters.